The van der Waals surface area contributed by atoms with E-state index in [0.717, 1.165) is 6.54 Å². The minimum atomic E-state index is -3.27. The van der Waals surface area contributed by atoms with Crippen LogP contribution in [0.5, 0.6) is 0 Å². The fourth-order valence-corrected chi connectivity index (χ4v) is 4.19. The van der Waals surface area contributed by atoms with E-state index in [4.69, 9.17) is 4.74 Å². The van der Waals surface area contributed by atoms with Crippen molar-refractivity contribution in [1.82, 2.24) is 5.32 Å². The Balaban J connectivity index is 2.40. The van der Waals surface area contributed by atoms with Crippen LogP contribution in [0.25, 0.3) is 0 Å². The predicted octanol–water partition coefficient (Wildman–Crippen LogP) is 0.185. The van der Waals surface area contributed by atoms with Crippen LogP contribution in [0.1, 0.15) is 27.2 Å². The van der Waals surface area contributed by atoms with Crippen LogP contribution >= 0.6 is 0 Å². The van der Waals surface area contributed by atoms with Gasteiger partial charge in [0.2, 0.25) is 0 Å². The molecule has 1 fully saturated rings. The fourth-order valence-electron chi connectivity index (χ4n) is 2.17. The molecule has 0 aromatic heterocycles. The first kappa shape index (κ1) is 15.9. The second-order valence-electron chi connectivity index (χ2n) is 5.44. The molecular weight excluding hydrogens is 254 g/mol. The van der Waals surface area contributed by atoms with E-state index in [1.165, 1.54) is 0 Å². The molecule has 6 heteroatoms. The zero-order valence-electron chi connectivity index (χ0n) is 11.4. The lowest BCUT2D eigenvalue weighted by Gasteiger charge is -2.18. The van der Waals surface area contributed by atoms with Crippen molar-refractivity contribution in [3.05, 3.63) is 0 Å². The SMILES string of the molecule is CC(C)CNCC(O)CS(=O)(=O)C1CCOC1C. The number of ether oxygens (including phenoxy) is 1. The summed E-state index contributed by atoms with van der Waals surface area (Å²) in [5, 5.41) is 12.4. The Kier molecular flexibility index (Phi) is 6.04. The summed E-state index contributed by atoms with van der Waals surface area (Å²) in [4.78, 5) is 0. The summed E-state index contributed by atoms with van der Waals surface area (Å²) in [5.41, 5.74) is 0. The average Bonchev–Trinajstić information content (AvgIpc) is 2.63. The van der Waals surface area contributed by atoms with E-state index in [-0.39, 0.29) is 11.9 Å². The molecule has 108 valence electrons. The molecule has 0 amide bonds. The van der Waals surface area contributed by atoms with Crippen LogP contribution in [-0.4, -0.2) is 56.4 Å². The summed E-state index contributed by atoms with van der Waals surface area (Å²) in [6.45, 7) is 7.49. The van der Waals surface area contributed by atoms with Gasteiger partial charge in [-0.05, 0) is 25.8 Å². The molecule has 0 aromatic carbocycles. The Morgan fingerprint density at radius 3 is 2.56 bits per heavy atom. The van der Waals surface area contributed by atoms with Gasteiger partial charge >= 0.3 is 0 Å². The smallest absolute Gasteiger partial charge is 0.158 e. The van der Waals surface area contributed by atoms with Crippen molar-refractivity contribution in [2.45, 2.75) is 44.6 Å². The molecule has 5 nitrogen and oxygen atoms in total. The largest absolute Gasteiger partial charge is 0.391 e. The van der Waals surface area contributed by atoms with Crippen LogP contribution in [0.3, 0.4) is 0 Å². The molecule has 3 atom stereocenters. The third-order valence-electron chi connectivity index (χ3n) is 3.13. The second-order valence-corrected chi connectivity index (χ2v) is 7.70. The topological polar surface area (TPSA) is 75.6 Å². The summed E-state index contributed by atoms with van der Waals surface area (Å²) in [6.07, 6.45) is -0.567. The molecule has 2 N–H and O–H groups in total. The predicted molar refractivity (Wildman–Crippen MR) is 71.3 cm³/mol. The van der Waals surface area contributed by atoms with Crippen LogP contribution in [0.4, 0.5) is 0 Å². The molecule has 0 saturated carbocycles. The molecule has 1 rings (SSSR count). The summed E-state index contributed by atoms with van der Waals surface area (Å²) in [7, 11) is -3.27. The highest BCUT2D eigenvalue weighted by atomic mass is 32.2. The molecule has 3 unspecified atom stereocenters. The van der Waals surface area contributed by atoms with Crippen molar-refractivity contribution >= 4 is 9.84 Å². The molecule has 1 aliphatic rings. The summed E-state index contributed by atoms with van der Waals surface area (Å²) < 4.78 is 29.4. The standard InChI is InChI=1S/C12H25NO4S/c1-9(2)6-13-7-11(14)8-18(15,16)12-4-5-17-10(12)3/h9-14H,4-8H2,1-3H3. The lowest BCUT2D eigenvalue weighted by atomic mass is 10.2. The molecule has 1 saturated heterocycles. The van der Waals surface area contributed by atoms with Gasteiger partial charge in [-0.3, -0.25) is 0 Å². The second kappa shape index (κ2) is 6.84. The minimum absolute atomic E-state index is 0.184. The van der Waals surface area contributed by atoms with Crippen LogP contribution in [0.15, 0.2) is 0 Å². The monoisotopic (exact) mass is 279 g/mol. The molecule has 1 aliphatic heterocycles. The van der Waals surface area contributed by atoms with Gasteiger partial charge in [0, 0.05) is 13.2 Å². The maximum absolute atomic E-state index is 12.1. The molecule has 0 aromatic rings. The molecule has 0 radical (unpaired) electrons. The van der Waals surface area contributed by atoms with E-state index in [2.05, 4.69) is 19.2 Å². The van der Waals surface area contributed by atoms with Gasteiger partial charge in [0.25, 0.3) is 0 Å². The lowest BCUT2D eigenvalue weighted by Crippen LogP contribution is -2.39. The normalized spacial score (nSPS) is 26.7. The van der Waals surface area contributed by atoms with Gasteiger partial charge < -0.3 is 15.2 Å². The highest BCUT2D eigenvalue weighted by Crippen LogP contribution is 2.21. The van der Waals surface area contributed by atoms with Gasteiger partial charge in [0.1, 0.15) is 0 Å². The quantitative estimate of drug-likeness (QED) is 0.695. The molecule has 18 heavy (non-hydrogen) atoms. The lowest BCUT2D eigenvalue weighted by molar-refractivity contribution is 0.126. The Morgan fingerprint density at radius 1 is 1.39 bits per heavy atom. The van der Waals surface area contributed by atoms with Gasteiger partial charge in [-0.1, -0.05) is 13.8 Å². The van der Waals surface area contributed by atoms with Crippen molar-refractivity contribution in [3.63, 3.8) is 0 Å². The maximum Gasteiger partial charge on any atom is 0.158 e. The number of rotatable bonds is 7. The summed E-state index contributed by atoms with van der Waals surface area (Å²) in [6, 6.07) is 0. The highest BCUT2D eigenvalue weighted by Gasteiger charge is 2.36. The Labute approximate surface area is 110 Å². The average molecular weight is 279 g/mol. The van der Waals surface area contributed by atoms with E-state index >= 15 is 0 Å². The third-order valence-corrected chi connectivity index (χ3v) is 5.52. The number of nitrogens with one attached hydrogen (secondary N) is 1. The minimum Gasteiger partial charge on any atom is -0.391 e. The van der Waals surface area contributed by atoms with E-state index in [9.17, 15) is 13.5 Å². The zero-order valence-corrected chi connectivity index (χ0v) is 12.2. The van der Waals surface area contributed by atoms with Gasteiger partial charge in [-0.2, -0.15) is 0 Å². The van der Waals surface area contributed by atoms with Crippen molar-refractivity contribution in [2.75, 3.05) is 25.4 Å². The molecule has 0 spiro atoms. The molecule has 0 aliphatic carbocycles. The summed E-state index contributed by atoms with van der Waals surface area (Å²) in [5.74, 6) is 0.299. The number of hydrogen-bond donors (Lipinski definition) is 2. The number of aliphatic hydroxyl groups is 1. The van der Waals surface area contributed by atoms with Crippen molar-refractivity contribution < 1.29 is 18.3 Å². The Morgan fingerprint density at radius 2 is 2.06 bits per heavy atom. The highest BCUT2D eigenvalue weighted by molar-refractivity contribution is 7.92. The van der Waals surface area contributed by atoms with Gasteiger partial charge in [-0.15, -0.1) is 0 Å². The van der Waals surface area contributed by atoms with Crippen LogP contribution in [0, 0.1) is 5.92 Å². The number of sulfone groups is 1. The van der Waals surface area contributed by atoms with Crippen molar-refractivity contribution in [2.24, 2.45) is 5.92 Å². The van der Waals surface area contributed by atoms with Crippen molar-refractivity contribution in [1.29, 1.82) is 0 Å². The van der Waals surface area contributed by atoms with E-state index < -0.39 is 21.2 Å². The first-order chi connectivity index (χ1) is 8.33. The molecule has 1 heterocycles. The maximum atomic E-state index is 12.1. The van der Waals surface area contributed by atoms with E-state index in [0.29, 0.717) is 25.5 Å². The van der Waals surface area contributed by atoms with Crippen molar-refractivity contribution in [3.8, 4) is 0 Å². The van der Waals surface area contributed by atoms with E-state index in [1.54, 1.807) is 6.92 Å². The fraction of sp³-hybridized carbons (Fsp3) is 1.00. The van der Waals surface area contributed by atoms with Crippen LogP contribution < -0.4 is 5.32 Å². The van der Waals surface area contributed by atoms with Gasteiger partial charge in [-0.25, -0.2) is 8.42 Å². The van der Waals surface area contributed by atoms with Crippen LogP contribution in [-0.2, 0) is 14.6 Å². The Bertz CT molecular complexity index is 342. The van der Waals surface area contributed by atoms with Gasteiger partial charge in [0.05, 0.1) is 23.2 Å². The van der Waals surface area contributed by atoms with E-state index in [1.807, 2.05) is 0 Å². The van der Waals surface area contributed by atoms with Crippen LogP contribution in [0.2, 0.25) is 0 Å². The number of hydrogen-bond acceptors (Lipinski definition) is 5. The Hall–Kier alpha value is -0.170. The summed E-state index contributed by atoms with van der Waals surface area (Å²) >= 11 is 0. The first-order valence-corrected chi connectivity index (χ1v) is 8.26. The third kappa shape index (κ3) is 4.84. The molecular formula is C12H25NO4S. The zero-order chi connectivity index (χ0) is 13.8. The molecule has 0 bridgehead atoms. The number of aliphatic hydroxyl groups excluding tert-OH is 1. The first-order valence-electron chi connectivity index (χ1n) is 6.55. The van der Waals surface area contributed by atoms with Gasteiger partial charge in [0.15, 0.2) is 9.84 Å².